The molecule has 0 saturated carbocycles. The molecule has 1 aromatic carbocycles. The molecule has 1 unspecified atom stereocenters. The third kappa shape index (κ3) is 6.73. The van der Waals surface area contributed by atoms with E-state index in [1.54, 1.807) is 31.5 Å². The van der Waals surface area contributed by atoms with Gasteiger partial charge < -0.3 is 34.4 Å². The molecule has 2 aromatic heterocycles. The summed E-state index contributed by atoms with van der Waals surface area (Å²) in [5.74, 6) is -2.98. The molecule has 2 saturated heterocycles. The van der Waals surface area contributed by atoms with Gasteiger partial charge in [-0.3, -0.25) is 4.79 Å². The van der Waals surface area contributed by atoms with Crippen molar-refractivity contribution in [2.24, 2.45) is 0 Å². The van der Waals surface area contributed by atoms with Gasteiger partial charge in [0.25, 0.3) is 5.91 Å². The standard InChI is InChI=1S/C29H31F2N7O5/c1-18(39)27(40)38-10-8-24(29(30,31)17-38)43-23-5-3-19(15-20(23)16-32)21-7-9-33-28(34-21)36-25-6-4-22(26(35-25)41-2)37-11-13-42-14-12-37/h3-7,9,15,18,24,39H,8,10-14,17H2,1-2H3,(H,33,34,35,36)/t18-,24?/m0/s1. The Balaban J connectivity index is 1.30. The number of aliphatic hydroxyl groups is 1. The number of piperidine rings is 1. The molecule has 226 valence electrons. The average Bonchev–Trinajstić information content (AvgIpc) is 3.02. The molecule has 43 heavy (non-hydrogen) atoms. The first-order chi connectivity index (χ1) is 20.7. The average molecular weight is 596 g/mol. The predicted octanol–water partition coefficient (Wildman–Crippen LogP) is 2.99. The number of hydrogen-bond acceptors (Lipinski definition) is 11. The summed E-state index contributed by atoms with van der Waals surface area (Å²) in [5, 5.41) is 22.3. The topological polar surface area (TPSA) is 146 Å². The van der Waals surface area contributed by atoms with Crippen molar-refractivity contribution < 1.29 is 32.9 Å². The van der Waals surface area contributed by atoms with Crippen LogP contribution in [-0.4, -0.2) is 95.5 Å². The highest BCUT2D eigenvalue weighted by Crippen LogP contribution is 2.34. The Morgan fingerprint density at radius 3 is 2.70 bits per heavy atom. The number of anilines is 3. The van der Waals surface area contributed by atoms with E-state index < -0.39 is 30.6 Å². The van der Waals surface area contributed by atoms with Crippen molar-refractivity contribution in [2.45, 2.75) is 31.5 Å². The predicted molar refractivity (Wildman–Crippen MR) is 152 cm³/mol. The van der Waals surface area contributed by atoms with Gasteiger partial charge >= 0.3 is 5.92 Å². The van der Waals surface area contributed by atoms with Crippen molar-refractivity contribution in [1.29, 1.82) is 5.26 Å². The number of ether oxygens (including phenoxy) is 3. The maximum Gasteiger partial charge on any atom is 0.301 e. The number of pyridine rings is 1. The van der Waals surface area contributed by atoms with E-state index in [4.69, 9.17) is 14.2 Å². The minimum Gasteiger partial charge on any atom is -0.483 e. The quantitative estimate of drug-likeness (QED) is 0.396. The monoisotopic (exact) mass is 595 g/mol. The van der Waals surface area contributed by atoms with E-state index in [0.717, 1.165) is 23.7 Å². The van der Waals surface area contributed by atoms with Gasteiger partial charge in [0.1, 0.15) is 29.4 Å². The molecule has 0 spiro atoms. The summed E-state index contributed by atoms with van der Waals surface area (Å²) in [7, 11) is 1.55. The Hall–Kier alpha value is -4.61. The fraction of sp³-hybridized carbons (Fsp3) is 0.414. The number of likely N-dealkylation sites (tertiary alicyclic amines) is 1. The first-order valence-electron chi connectivity index (χ1n) is 13.7. The molecule has 4 heterocycles. The largest absolute Gasteiger partial charge is 0.483 e. The van der Waals surface area contributed by atoms with Gasteiger partial charge in [-0.15, -0.1) is 0 Å². The summed E-state index contributed by atoms with van der Waals surface area (Å²) >= 11 is 0. The summed E-state index contributed by atoms with van der Waals surface area (Å²) in [6.07, 6.45) is -1.53. The number of rotatable bonds is 8. The Bertz CT molecular complexity index is 1510. The third-order valence-electron chi connectivity index (χ3n) is 7.15. The van der Waals surface area contributed by atoms with Gasteiger partial charge in [0, 0.05) is 37.8 Å². The summed E-state index contributed by atoms with van der Waals surface area (Å²) in [4.78, 5) is 28.4. The molecule has 2 aliphatic heterocycles. The van der Waals surface area contributed by atoms with E-state index in [9.17, 15) is 23.9 Å². The molecule has 0 radical (unpaired) electrons. The second-order valence-corrected chi connectivity index (χ2v) is 10.1. The molecular formula is C29H31F2N7O5. The first-order valence-corrected chi connectivity index (χ1v) is 13.7. The van der Waals surface area contributed by atoms with Crippen LogP contribution < -0.4 is 19.7 Å². The Labute approximate surface area is 246 Å². The zero-order valence-corrected chi connectivity index (χ0v) is 23.7. The van der Waals surface area contributed by atoms with E-state index in [2.05, 4.69) is 25.2 Å². The van der Waals surface area contributed by atoms with Crippen LogP contribution in [0, 0.1) is 11.3 Å². The van der Waals surface area contributed by atoms with Crippen LogP contribution >= 0.6 is 0 Å². The summed E-state index contributed by atoms with van der Waals surface area (Å²) < 4.78 is 46.3. The lowest BCUT2D eigenvalue weighted by atomic mass is 10.0. The SMILES string of the molecule is COc1nc(Nc2nccc(-c3ccc(OC4CCN(C(=O)[C@H](C)O)CC4(F)F)c(C#N)c3)n2)ccc1N1CCOCC1. The number of carbonyl (C=O) groups excluding carboxylic acids is 1. The lowest BCUT2D eigenvalue weighted by Crippen LogP contribution is -2.56. The molecule has 2 fully saturated rings. The highest BCUT2D eigenvalue weighted by Gasteiger charge is 2.48. The molecular weight excluding hydrogens is 564 g/mol. The number of nitrogens with one attached hydrogen (secondary N) is 1. The first kappa shape index (κ1) is 29.9. The fourth-order valence-corrected chi connectivity index (χ4v) is 4.94. The van der Waals surface area contributed by atoms with E-state index >= 15 is 0 Å². The normalized spacial score (nSPS) is 18.8. The number of amides is 1. The van der Waals surface area contributed by atoms with Crippen LogP contribution in [0.1, 0.15) is 18.9 Å². The number of benzene rings is 1. The molecule has 12 nitrogen and oxygen atoms in total. The van der Waals surface area contributed by atoms with Crippen molar-refractivity contribution in [1.82, 2.24) is 19.9 Å². The van der Waals surface area contributed by atoms with Crippen LogP contribution in [0.15, 0.2) is 42.6 Å². The number of aliphatic hydroxyl groups excluding tert-OH is 1. The maximum atomic E-state index is 14.9. The van der Waals surface area contributed by atoms with Gasteiger partial charge in [-0.2, -0.15) is 10.2 Å². The van der Waals surface area contributed by atoms with Gasteiger partial charge in [-0.1, -0.05) is 0 Å². The summed E-state index contributed by atoms with van der Waals surface area (Å²) in [6, 6.07) is 11.9. The molecule has 2 aliphatic rings. The maximum absolute atomic E-state index is 14.9. The Kier molecular flexibility index (Phi) is 8.84. The highest BCUT2D eigenvalue weighted by molar-refractivity contribution is 5.80. The number of nitrogens with zero attached hydrogens (tertiary/aromatic N) is 6. The van der Waals surface area contributed by atoms with Crippen LogP contribution in [-0.2, 0) is 9.53 Å². The van der Waals surface area contributed by atoms with Crippen molar-refractivity contribution in [3.8, 4) is 29.0 Å². The van der Waals surface area contributed by atoms with Gasteiger partial charge in [-0.25, -0.2) is 18.7 Å². The van der Waals surface area contributed by atoms with Gasteiger partial charge in [-0.05, 0) is 43.3 Å². The smallest absolute Gasteiger partial charge is 0.301 e. The second kappa shape index (κ2) is 12.7. The minimum absolute atomic E-state index is 0.00263. The van der Waals surface area contributed by atoms with Crippen LogP contribution in [0.2, 0.25) is 0 Å². The molecule has 14 heteroatoms. The van der Waals surface area contributed by atoms with Gasteiger partial charge in [0.2, 0.25) is 11.8 Å². The van der Waals surface area contributed by atoms with E-state index in [1.807, 2.05) is 12.1 Å². The lowest BCUT2D eigenvalue weighted by Gasteiger charge is -2.38. The molecule has 0 aliphatic carbocycles. The number of hydrogen-bond donors (Lipinski definition) is 2. The van der Waals surface area contributed by atoms with Gasteiger partial charge in [0.05, 0.1) is 38.1 Å². The molecule has 3 aromatic rings. The van der Waals surface area contributed by atoms with E-state index in [-0.39, 0.29) is 30.2 Å². The van der Waals surface area contributed by atoms with Crippen molar-refractivity contribution >= 4 is 23.4 Å². The van der Waals surface area contributed by atoms with Crippen LogP contribution in [0.3, 0.4) is 0 Å². The van der Waals surface area contributed by atoms with Crippen molar-refractivity contribution in [3.63, 3.8) is 0 Å². The van der Waals surface area contributed by atoms with Crippen LogP contribution in [0.4, 0.5) is 26.2 Å². The number of methoxy groups -OCH3 is 1. The number of halogens is 2. The molecule has 1 amide bonds. The van der Waals surface area contributed by atoms with E-state index in [0.29, 0.717) is 36.2 Å². The number of alkyl halides is 2. The number of carbonyl (C=O) groups is 1. The van der Waals surface area contributed by atoms with Crippen molar-refractivity contribution in [3.05, 3.63) is 48.2 Å². The molecule has 2 atom stereocenters. The van der Waals surface area contributed by atoms with Crippen LogP contribution in [0.25, 0.3) is 11.3 Å². The van der Waals surface area contributed by atoms with Crippen LogP contribution in [0.5, 0.6) is 11.6 Å². The van der Waals surface area contributed by atoms with Crippen molar-refractivity contribution in [2.75, 3.05) is 56.7 Å². The van der Waals surface area contributed by atoms with Gasteiger partial charge in [0.15, 0.2) is 6.10 Å². The zero-order valence-electron chi connectivity index (χ0n) is 23.7. The summed E-state index contributed by atoms with van der Waals surface area (Å²) in [6.45, 7) is 3.07. The minimum atomic E-state index is -3.38. The molecule has 5 rings (SSSR count). The molecule has 2 N–H and O–H groups in total. The Morgan fingerprint density at radius 2 is 2.00 bits per heavy atom. The molecule has 0 bridgehead atoms. The highest BCUT2D eigenvalue weighted by atomic mass is 19.3. The number of nitriles is 1. The fourth-order valence-electron chi connectivity index (χ4n) is 4.94. The zero-order chi connectivity index (χ0) is 30.6. The number of aromatic nitrogens is 3. The number of morpholine rings is 1. The lowest BCUT2D eigenvalue weighted by molar-refractivity contribution is -0.165. The van der Waals surface area contributed by atoms with E-state index in [1.165, 1.54) is 19.1 Å². The second-order valence-electron chi connectivity index (χ2n) is 10.1. The Morgan fingerprint density at radius 1 is 1.21 bits per heavy atom. The summed E-state index contributed by atoms with van der Waals surface area (Å²) in [5.41, 5.74) is 1.93. The third-order valence-corrected chi connectivity index (χ3v) is 7.15.